The molecule has 0 atom stereocenters. The zero-order chi connectivity index (χ0) is 13.1. The van der Waals surface area contributed by atoms with Crippen molar-refractivity contribution in [3.8, 4) is 0 Å². The number of carbonyl (C=O) groups excluding carboxylic acids is 1. The van der Waals surface area contributed by atoms with E-state index in [0.29, 0.717) is 5.02 Å². The lowest BCUT2D eigenvalue weighted by Gasteiger charge is -2.05. The van der Waals surface area contributed by atoms with Crippen molar-refractivity contribution >= 4 is 44.9 Å². The fourth-order valence-corrected chi connectivity index (χ4v) is 1.79. The number of nitrogens with zero attached hydrogens (tertiary/aromatic N) is 2. The molecule has 7 heteroatoms. The Hall–Kier alpha value is -1.53. The average Bonchev–Trinajstić information content (AvgIpc) is 2.61. The lowest BCUT2D eigenvalue weighted by molar-refractivity contribution is -0.116. The van der Waals surface area contributed by atoms with Gasteiger partial charge in [-0.15, -0.1) is 0 Å². The van der Waals surface area contributed by atoms with Crippen molar-refractivity contribution in [2.24, 2.45) is 0 Å². The highest BCUT2D eigenvalue weighted by atomic mass is 79.9. The standard InChI is InChI=1S/C11H10BrClN4O/c12-7-1-3-8(4-2-7)15-10(18)6-17-5-9(13)11(14)16-17/h1-5H,6H2,(H2,14,16)(H,15,18). The number of anilines is 2. The van der Waals surface area contributed by atoms with Gasteiger partial charge in [0.05, 0.1) is 0 Å². The normalized spacial score (nSPS) is 10.3. The Morgan fingerprint density at radius 3 is 2.67 bits per heavy atom. The molecule has 2 aromatic rings. The predicted molar refractivity (Wildman–Crippen MR) is 74.4 cm³/mol. The van der Waals surface area contributed by atoms with E-state index in [0.717, 1.165) is 10.2 Å². The first-order chi connectivity index (χ1) is 8.54. The number of nitrogens with two attached hydrogens (primary N) is 1. The summed E-state index contributed by atoms with van der Waals surface area (Å²) >= 11 is 9.07. The van der Waals surface area contributed by atoms with Gasteiger partial charge in [-0.3, -0.25) is 9.48 Å². The highest BCUT2D eigenvalue weighted by molar-refractivity contribution is 9.10. The van der Waals surface area contributed by atoms with Crippen LogP contribution in [0.2, 0.25) is 5.02 Å². The molecule has 18 heavy (non-hydrogen) atoms. The van der Waals surface area contributed by atoms with Gasteiger partial charge < -0.3 is 11.1 Å². The van der Waals surface area contributed by atoms with Gasteiger partial charge in [-0.05, 0) is 24.3 Å². The van der Waals surface area contributed by atoms with Crippen LogP contribution in [-0.2, 0) is 11.3 Å². The molecule has 1 aromatic carbocycles. The molecule has 0 saturated carbocycles. The number of rotatable bonds is 3. The minimum absolute atomic E-state index is 0.0625. The Morgan fingerprint density at radius 1 is 1.44 bits per heavy atom. The van der Waals surface area contributed by atoms with Gasteiger partial charge in [0.1, 0.15) is 11.6 Å². The van der Waals surface area contributed by atoms with E-state index in [2.05, 4.69) is 26.3 Å². The molecule has 1 heterocycles. The Labute approximate surface area is 117 Å². The van der Waals surface area contributed by atoms with Crippen LogP contribution < -0.4 is 11.1 Å². The number of hydrogen-bond donors (Lipinski definition) is 2. The zero-order valence-electron chi connectivity index (χ0n) is 9.23. The van der Waals surface area contributed by atoms with Gasteiger partial charge in [0, 0.05) is 16.4 Å². The summed E-state index contributed by atoms with van der Waals surface area (Å²) in [5.41, 5.74) is 6.20. The molecule has 0 bridgehead atoms. The van der Waals surface area contributed by atoms with E-state index >= 15 is 0 Å². The number of benzene rings is 1. The topological polar surface area (TPSA) is 72.9 Å². The van der Waals surface area contributed by atoms with Gasteiger partial charge in [0.25, 0.3) is 0 Å². The Kier molecular flexibility index (Phi) is 3.88. The summed E-state index contributed by atoms with van der Waals surface area (Å²) in [4.78, 5) is 11.7. The highest BCUT2D eigenvalue weighted by Crippen LogP contribution is 2.16. The molecular formula is C11H10BrClN4O. The molecule has 0 fully saturated rings. The van der Waals surface area contributed by atoms with Gasteiger partial charge in [0.15, 0.2) is 5.82 Å². The van der Waals surface area contributed by atoms with E-state index in [-0.39, 0.29) is 18.3 Å². The second-order valence-electron chi connectivity index (χ2n) is 3.61. The van der Waals surface area contributed by atoms with Crippen LogP contribution in [0.4, 0.5) is 11.5 Å². The largest absolute Gasteiger partial charge is 0.381 e. The number of halogens is 2. The number of carbonyl (C=O) groups is 1. The van der Waals surface area contributed by atoms with Gasteiger partial charge in [-0.1, -0.05) is 27.5 Å². The summed E-state index contributed by atoms with van der Waals surface area (Å²) in [6, 6.07) is 7.29. The lowest BCUT2D eigenvalue weighted by atomic mass is 10.3. The first-order valence-electron chi connectivity index (χ1n) is 5.08. The van der Waals surface area contributed by atoms with Crippen molar-refractivity contribution in [2.45, 2.75) is 6.54 Å². The second kappa shape index (κ2) is 5.41. The van der Waals surface area contributed by atoms with Crippen molar-refractivity contribution in [3.63, 3.8) is 0 Å². The van der Waals surface area contributed by atoms with Gasteiger partial charge >= 0.3 is 0 Å². The molecule has 5 nitrogen and oxygen atoms in total. The number of nitrogen functional groups attached to an aromatic ring is 1. The van der Waals surface area contributed by atoms with Crippen LogP contribution >= 0.6 is 27.5 Å². The summed E-state index contributed by atoms with van der Waals surface area (Å²) in [6.45, 7) is 0.0625. The summed E-state index contributed by atoms with van der Waals surface area (Å²) in [5, 5.41) is 6.98. The van der Waals surface area contributed by atoms with Crippen molar-refractivity contribution in [2.75, 3.05) is 11.1 Å². The number of aromatic nitrogens is 2. The van der Waals surface area contributed by atoms with E-state index in [4.69, 9.17) is 17.3 Å². The first kappa shape index (κ1) is 12.9. The molecule has 0 aliphatic heterocycles. The van der Waals surface area contributed by atoms with Gasteiger partial charge in [-0.25, -0.2) is 0 Å². The van der Waals surface area contributed by atoms with Crippen molar-refractivity contribution in [1.82, 2.24) is 9.78 Å². The minimum atomic E-state index is -0.198. The molecule has 2 rings (SSSR count). The average molecular weight is 330 g/mol. The SMILES string of the molecule is Nc1nn(CC(=O)Nc2ccc(Br)cc2)cc1Cl. The van der Waals surface area contributed by atoms with Crippen molar-refractivity contribution in [1.29, 1.82) is 0 Å². The van der Waals surface area contributed by atoms with Crippen LogP contribution in [0.25, 0.3) is 0 Å². The molecule has 1 aromatic heterocycles. The van der Waals surface area contributed by atoms with E-state index in [9.17, 15) is 4.79 Å². The van der Waals surface area contributed by atoms with Crippen molar-refractivity contribution < 1.29 is 4.79 Å². The maximum atomic E-state index is 11.7. The molecule has 1 amide bonds. The number of amides is 1. The second-order valence-corrected chi connectivity index (χ2v) is 4.94. The minimum Gasteiger partial charge on any atom is -0.381 e. The third-order valence-corrected chi connectivity index (χ3v) is 3.00. The monoisotopic (exact) mass is 328 g/mol. The number of nitrogens with one attached hydrogen (secondary N) is 1. The molecule has 0 radical (unpaired) electrons. The smallest absolute Gasteiger partial charge is 0.246 e. The van der Waals surface area contributed by atoms with Crippen LogP contribution in [0, 0.1) is 0 Å². The van der Waals surface area contributed by atoms with E-state index in [1.165, 1.54) is 10.9 Å². The fraction of sp³-hybridized carbons (Fsp3) is 0.0909. The molecule has 0 aliphatic rings. The summed E-state index contributed by atoms with van der Waals surface area (Å²) < 4.78 is 2.35. The Balaban J connectivity index is 1.98. The van der Waals surface area contributed by atoms with Crippen LogP contribution in [0.5, 0.6) is 0 Å². The molecule has 0 spiro atoms. The van der Waals surface area contributed by atoms with Gasteiger partial charge in [-0.2, -0.15) is 5.10 Å². The summed E-state index contributed by atoms with van der Waals surface area (Å²) in [7, 11) is 0. The van der Waals surface area contributed by atoms with Crippen LogP contribution in [-0.4, -0.2) is 15.7 Å². The Morgan fingerprint density at radius 2 is 2.11 bits per heavy atom. The number of hydrogen-bond acceptors (Lipinski definition) is 3. The summed E-state index contributed by atoms with van der Waals surface area (Å²) in [6.07, 6.45) is 1.51. The van der Waals surface area contributed by atoms with Crippen LogP contribution in [0.15, 0.2) is 34.9 Å². The third-order valence-electron chi connectivity index (χ3n) is 2.18. The van der Waals surface area contributed by atoms with Gasteiger partial charge in [0.2, 0.25) is 5.91 Å². The predicted octanol–water partition coefficient (Wildman–Crippen LogP) is 2.52. The molecule has 0 saturated heterocycles. The summed E-state index contributed by atoms with van der Waals surface area (Å²) in [5.74, 6) is 0.0181. The molecule has 3 N–H and O–H groups in total. The molecule has 0 aliphatic carbocycles. The Bertz CT molecular complexity index is 547. The van der Waals surface area contributed by atoms with E-state index in [1.807, 2.05) is 12.1 Å². The molecule has 94 valence electrons. The highest BCUT2D eigenvalue weighted by Gasteiger charge is 2.07. The third kappa shape index (κ3) is 3.24. The van der Waals surface area contributed by atoms with Crippen LogP contribution in [0.3, 0.4) is 0 Å². The maximum absolute atomic E-state index is 11.7. The zero-order valence-corrected chi connectivity index (χ0v) is 11.6. The van der Waals surface area contributed by atoms with E-state index < -0.39 is 0 Å². The van der Waals surface area contributed by atoms with Crippen LogP contribution in [0.1, 0.15) is 0 Å². The first-order valence-corrected chi connectivity index (χ1v) is 6.25. The quantitative estimate of drug-likeness (QED) is 0.909. The molecular weight excluding hydrogens is 320 g/mol. The van der Waals surface area contributed by atoms with Crippen molar-refractivity contribution in [3.05, 3.63) is 40.0 Å². The lowest BCUT2D eigenvalue weighted by Crippen LogP contribution is -2.19. The fourth-order valence-electron chi connectivity index (χ4n) is 1.37. The maximum Gasteiger partial charge on any atom is 0.246 e. The molecule has 0 unspecified atom stereocenters. The van der Waals surface area contributed by atoms with E-state index in [1.54, 1.807) is 12.1 Å².